The quantitative estimate of drug-likeness (QED) is 0.688. The Hall–Kier alpha value is -1.00. The molecule has 1 fully saturated rings. The van der Waals surface area contributed by atoms with Crippen LogP contribution in [0.4, 0.5) is 0 Å². The molecule has 1 heterocycles. The van der Waals surface area contributed by atoms with Gasteiger partial charge in [-0.3, -0.25) is 0 Å². The summed E-state index contributed by atoms with van der Waals surface area (Å²) in [6.45, 7) is 1.04. The zero-order chi connectivity index (χ0) is 16.9. The van der Waals surface area contributed by atoms with Gasteiger partial charge in [0.25, 0.3) is 0 Å². The average molecular weight is 362 g/mol. The van der Waals surface area contributed by atoms with Crippen molar-refractivity contribution in [1.29, 1.82) is 0 Å². The molecule has 0 spiro atoms. The molecule has 1 aromatic rings. The lowest BCUT2D eigenvalue weighted by Gasteiger charge is -2.25. The molecule has 0 radical (unpaired) electrons. The zero-order valence-electron chi connectivity index (χ0n) is 12.8. The van der Waals surface area contributed by atoms with Crippen molar-refractivity contribution in [2.75, 3.05) is 26.2 Å². The fraction of sp³-hybridized carbons (Fsp3) is 0.571. The van der Waals surface area contributed by atoms with Crippen molar-refractivity contribution in [1.82, 2.24) is 9.03 Å². The van der Waals surface area contributed by atoms with Crippen molar-refractivity contribution in [3.63, 3.8) is 0 Å². The van der Waals surface area contributed by atoms with Crippen LogP contribution >= 0.6 is 0 Å². The number of rotatable bonds is 7. The molecule has 1 aliphatic heterocycles. The Morgan fingerprint density at radius 3 is 2.09 bits per heavy atom. The number of benzene rings is 1. The van der Waals surface area contributed by atoms with Crippen LogP contribution in [0.25, 0.3) is 0 Å². The van der Waals surface area contributed by atoms with Crippen LogP contribution in [0.5, 0.6) is 0 Å². The Morgan fingerprint density at radius 1 is 0.957 bits per heavy atom. The molecule has 2 N–H and O–H groups in total. The highest BCUT2D eigenvalue weighted by Gasteiger charge is 2.26. The Kier molecular flexibility index (Phi) is 6.15. The van der Waals surface area contributed by atoms with Gasteiger partial charge in [0.1, 0.15) is 0 Å². The summed E-state index contributed by atoms with van der Waals surface area (Å²) in [5, 5.41) is 8.68. The molecule has 1 aromatic carbocycles. The van der Waals surface area contributed by atoms with Gasteiger partial charge in [-0.25, -0.2) is 21.6 Å². The fourth-order valence-electron chi connectivity index (χ4n) is 2.41. The highest BCUT2D eigenvalue weighted by Crippen LogP contribution is 2.21. The number of aliphatic hydroxyl groups excluding tert-OH is 1. The fourth-order valence-corrected chi connectivity index (χ4v) is 5.01. The van der Waals surface area contributed by atoms with Crippen LogP contribution in [0, 0.1) is 0 Å². The predicted molar refractivity (Wildman–Crippen MR) is 85.9 cm³/mol. The smallest absolute Gasteiger partial charge is 0.243 e. The minimum absolute atomic E-state index is 0.00744. The molecule has 7 nitrogen and oxygen atoms in total. The number of sulfonamides is 2. The molecule has 1 saturated heterocycles. The molecule has 0 atom stereocenters. The molecular formula is C14H22N2O5S2. The molecule has 9 heteroatoms. The summed E-state index contributed by atoms with van der Waals surface area (Å²) in [5.74, 6) is 0. The Labute approximate surface area is 137 Å². The van der Waals surface area contributed by atoms with E-state index in [2.05, 4.69) is 4.72 Å². The SMILES string of the molecule is O=S(=O)(NCCCO)c1ccc(S(=O)(=O)N2CCCCC2)cc1. The van der Waals surface area contributed by atoms with Crippen molar-refractivity contribution in [2.24, 2.45) is 0 Å². The van der Waals surface area contributed by atoms with Gasteiger partial charge in [-0.2, -0.15) is 4.31 Å². The van der Waals surface area contributed by atoms with Crippen LogP contribution in [-0.4, -0.2) is 52.5 Å². The van der Waals surface area contributed by atoms with Crippen molar-refractivity contribution in [2.45, 2.75) is 35.5 Å². The second-order valence-electron chi connectivity index (χ2n) is 5.41. The van der Waals surface area contributed by atoms with Gasteiger partial charge in [0, 0.05) is 26.2 Å². The van der Waals surface area contributed by atoms with Crippen LogP contribution < -0.4 is 4.72 Å². The molecular weight excluding hydrogens is 340 g/mol. The second kappa shape index (κ2) is 7.71. The van der Waals surface area contributed by atoms with Gasteiger partial charge in [0.2, 0.25) is 20.0 Å². The van der Waals surface area contributed by atoms with Gasteiger partial charge in [-0.1, -0.05) is 6.42 Å². The molecule has 1 aliphatic rings. The number of aliphatic hydroxyl groups is 1. The molecule has 130 valence electrons. The summed E-state index contributed by atoms with van der Waals surface area (Å²) >= 11 is 0. The Bertz CT molecular complexity index is 708. The Morgan fingerprint density at radius 2 is 1.52 bits per heavy atom. The number of hydrogen-bond donors (Lipinski definition) is 2. The zero-order valence-corrected chi connectivity index (χ0v) is 14.4. The van der Waals surface area contributed by atoms with Gasteiger partial charge >= 0.3 is 0 Å². The molecule has 0 unspecified atom stereocenters. The molecule has 0 aromatic heterocycles. The first-order valence-electron chi connectivity index (χ1n) is 7.59. The number of nitrogens with one attached hydrogen (secondary N) is 1. The van der Waals surface area contributed by atoms with E-state index in [0.29, 0.717) is 19.5 Å². The largest absolute Gasteiger partial charge is 0.396 e. The first-order valence-corrected chi connectivity index (χ1v) is 10.5. The highest BCUT2D eigenvalue weighted by molar-refractivity contribution is 7.89. The van der Waals surface area contributed by atoms with E-state index in [1.807, 2.05) is 0 Å². The third-order valence-corrected chi connectivity index (χ3v) is 7.10. The lowest BCUT2D eigenvalue weighted by molar-refractivity contribution is 0.289. The van der Waals surface area contributed by atoms with Crippen LogP contribution in [0.15, 0.2) is 34.1 Å². The summed E-state index contributed by atoms with van der Waals surface area (Å²) in [6, 6.07) is 5.23. The number of piperidine rings is 1. The van der Waals surface area contributed by atoms with E-state index < -0.39 is 20.0 Å². The van der Waals surface area contributed by atoms with E-state index >= 15 is 0 Å². The third-order valence-electron chi connectivity index (χ3n) is 3.71. The molecule has 23 heavy (non-hydrogen) atoms. The summed E-state index contributed by atoms with van der Waals surface area (Å²) in [6.07, 6.45) is 3.05. The molecule has 0 saturated carbocycles. The van der Waals surface area contributed by atoms with Gasteiger partial charge in [-0.05, 0) is 43.5 Å². The van der Waals surface area contributed by atoms with Crippen molar-refractivity contribution >= 4 is 20.0 Å². The number of nitrogens with zero attached hydrogens (tertiary/aromatic N) is 1. The van der Waals surface area contributed by atoms with E-state index in [-0.39, 0.29) is 22.9 Å². The maximum absolute atomic E-state index is 12.5. The lowest BCUT2D eigenvalue weighted by atomic mass is 10.2. The highest BCUT2D eigenvalue weighted by atomic mass is 32.2. The summed E-state index contributed by atoms with van der Waals surface area (Å²) in [5.41, 5.74) is 0. The topological polar surface area (TPSA) is 104 Å². The van der Waals surface area contributed by atoms with Gasteiger partial charge < -0.3 is 5.11 Å². The first-order chi connectivity index (χ1) is 10.9. The minimum Gasteiger partial charge on any atom is -0.396 e. The van der Waals surface area contributed by atoms with Gasteiger partial charge in [-0.15, -0.1) is 0 Å². The normalized spacial score (nSPS) is 17.3. The molecule has 2 rings (SSSR count). The van der Waals surface area contributed by atoms with E-state index in [9.17, 15) is 16.8 Å². The maximum Gasteiger partial charge on any atom is 0.243 e. The lowest BCUT2D eigenvalue weighted by Crippen LogP contribution is -2.35. The van der Waals surface area contributed by atoms with Crippen molar-refractivity contribution in [3.05, 3.63) is 24.3 Å². The van der Waals surface area contributed by atoms with E-state index in [1.165, 1.54) is 28.6 Å². The van der Waals surface area contributed by atoms with Crippen molar-refractivity contribution < 1.29 is 21.9 Å². The third kappa shape index (κ3) is 4.51. The molecule has 0 amide bonds. The van der Waals surface area contributed by atoms with E-state index in [4.69, 9.17) is 5.11 Å². The van der Waals surface area contributed by atoms with Crippen molar-refractivity contribution in [3.8, 4) is 0 Å². The van der Waals surface area contributed by atoms with E-state index in [1.54, 1.807) is 0 Å². The standard InChI is InChI=1S/C14H22N2O5S2/c17-12-4-9-15-22(18,19)13-5-7-14(8-6-13)23(20,21)16-10-2-1-3-11-16/h5-8,15,17H,1-4,9-12H2. The minimum atomic E-state index is -3.69. The summed E-state index contributed by atoms with van der Waals surface area (Å²) < 4.78 is 52.8. The maximum atomic E-state index is 12.5. The average Bonchev–Trinajstić information content (AvgIpc) is 2.56. The van der Waals surface area contributed by atoms with Crippen LogP contribution in [0.2, 0.25) is 0 Å². The molecule has 0 bridgehead atoms. The van der Waals surface area contributed by atoms with Crippen LogP contribution in [-0.2, 0) is 20.0 Å². The van der Waals surface area contributed by atoms with E-state index in [0.717, 1.165) is 19.3 Å². The van der Waals surface area contributed by atoms with Gasteiger partial charge in [0.15, 0.2) is 0 Å². The second-order valence-corrected chi connectivity index (χ2v) is 9.12. The van der Waals surface area contributed by atoms with Gasteiger partial charge in [0.05, 0.1) is 9.79 Å². The summed E-state index contributed by atoms with van der Waals surface area (Å²) in [4.78, 5) is 0.113. The number of hydrogen-bond acceptors (Lipinski definition) is 5. The van der Waals surface area contributed by atoms with Crippen LogP contribution in [0.1, 0.15) is 25.7 Å². The first kappa shape index (κ1) is 18.3. The summed E-state index contributed by atoms with van der Waals surface area (Å²) in [7, 11) is -7.25. The Balaban J connectivity index is 2.15. The monoisotopic (exact) mass is 362 g/mol. The predicted octanol–water partition coefficient (Wildman–Crippen LogP) is 0.522. The molecule has 0 aliphatic carbocycles. The van der Waals surface area contributed by atoms with Crippen LogP contribution in [0.3, 0.4) is 0 Å².